The molecule has 0 radical (unpaired) electrons. The molecule has 0 aromatic heterocycles. The Morgan fingerprint density at radius 3 is 2.08 bits per heavy atom. The summed E-state index contributed by atoms with van der Waals surface area (Å²) >= 11 is 0. The second kappa shape index (κ2) is 14.7. The topological polar surface area (TPSA) is 111 Å². The minimum atomic E-state index is -0.372. The summed E-state index contributed by atoms with van der Waals surface area (Å²) in [5.74, 6) is -1.20. The van der Waals surface area contributed by atoms with Crippen molar-refractivity contribution in [2.75, 3.05) is 29.9 Å². The van der Waals surface area contributed by atoms with E-state index in [4.69, 9.17) is 4.99 Å². The van der Waals surface area contributed by atoms with E-state index in [1.165, 1.54) is 0 Å². The van der Waals surface area contributed by atoms with Crippen LogP contribution >= 0.6 is 0 Å². The first kappa shape index (κ1) is 33.4. The first-order chi connectivity index (χ1) is 23.8. The van der Waals surface area contributed by atoms with Crippen LogP contribution in [0.1, 0.15) is 77.8 Å². The molecule has 49 heavy (non-hydrogen) atoms. The van der Waals surface area contributed by atoms with Gasteiger partial charge in [-0.2, -0.15) is 0 Å². The first-order valence-electron chi connectivity index (χ1n) is 17.1. The third kappa shape index (κ3) is 7.04. The second-order valence-corrected chi connectivity index (χ2v) is 12.7. The molecule has 6 rings (SSSR count). The van der Waals surface area contributed by atoms with Crippen LogP contribution in [-0.2, 0) is 4.79 Å². The fraction of sp³-hybridized carbons (Fsp3) is 0.268. The number of aliphatic hydroxyl groups is 1. The normalized spacial score (nSPS) is 18.3. The van der Waals surface area contributed by atoms with Crippen molar-refractivity contribution in [3.8, 4) is 0 Å². The average Bonchev–Trinajstić information content (AvgIpc) is 3.65. The van der Waals surface area contributed by atoms with Crippen molar-refractivity contribution in [3.05, 3.63) is 135 Å². The number of aryl methyl sites for hydroxylation is 1. The van der Waals surface area contributed by atoms with E-state index in [-0.39, 0.29) is 34.5 Å². The molecule has 0 saturated carbocycles. The Bertz CT molecular complexity index is 1950. The van der Waals surface area contributed by atoms with Gasteiger partial charge in [0.1, 0.15) is 5.76 Å². The van der Waals surface area contributed by atoms with Crippen molar-refractivity contribution in [2.45, 2.75) is 52.9 Å². The predicted molar refractivity (Wildman–Crippen MR) is 196 cm³/mol. The van der Waals surface area contributed by atoms with E-state index >= 15 is 0 Å². The minimum absolute atomic E-state index is 0.112. The van der Waals surface area contributed by atoms with Gasteiger partial charge < -0.3 is 20.6 Å². The number of carbonyl (C=O) groups excluding carboxylic acids is 3. The van der Waals surface area contributed by atoms with Crippen LogP contribution in [0.4, 0.5) is 11.4 Å². The van der Waals surface area contributed by atoms with Gasteiger partial charge >= 0.3 is 0 Å². The number of nitrogens with one attached hydrogen (secondary N) is 2. The SMILES string of the molecule is CCCCCN=C1C=C(NC(=O)c2ccccc2)/C(=C2\C(=O)C(c3cc(C)c(N4CCCC4)cc3NC(=O)c3ccccc3)=C2O)C=C1C. The van der Waals surface area contributed by atoms with Crippen LogP contribution in [0.2, 0.25) is 0 Å². The summed E-state index contributed by atoms with van der Waals surface area (Å²) in [5.41, 5.74) is 6.37. The molecule has 1 fully saturated rings. The highest BCUT2D eigenvalue weighted by Gasteiger charge is 2.40. The molecule has 250 valence electrons. The molecule has 3 aliphatic rings. The van der Waals surface area contributed by atoms with Gasteiger partial charge in [-0.1, -0.05) is 56.2 Å². The minimum Gasteiger partial charge on any atom is -0.506 e. The van der Waals surface area contributed by atoms with Crippen molar-refractivity contribution in [3.63, 3.8) is 0 Å². The van der Waals surface area contributed by atoms with Gasteiger partial charge in [-0.3, -0.25) is 19.4 Å². The summed E-state index contributed by atoms with van der Waals surface area (Å²) in [5, 5.41) is 17.7. The van der Waals surface area contributed by atoms with E-state index in [1.54, 1.807) is 60.7 Å². The Labute approximate surface area is 287 Å². The highest BCUT2D eigenvalue weighted by atomic mass is 16.3. The monoisotopic (exact) mass is 654 g/mol. The summed E-state index contributed by atoms with van der Waals surface area (Å²) in [4.78, 5) is 47.9. The Morgan fingerprint density at radius 1 is 0.837 bits per heavy atom. The van der Waals surface area contributed by atoms with Gasteiger partial charge in [0.15, 0.2) is 0 Å². The zero-order valence-electron chi connectivity index (χ0n) is 28.3. The van der Waals surface area contributed by atoms with Crippen LogP contribution in [0.25, 0.3) is 5.57 Å². The van der Waals surface area contributed by atoms with Crippen molar-refractivity contribution < 1.29 is 19.5 Å². The van der Waals surface area contributed by atoms with E-state index in [9.17, 15) is 19.5 Å². The van der Waals surface area contributed by atoms with Gasteiger partial charge in [-0.15, -0.1) is 0 Å². The zero-order chi connectivity index (χ0) is 34.5. The zero-order valence-corrected chi connectivity index (χ0v) is 28.3. The van der Waals surface area contributed by atoms with Crippen LogP contribution in [0, 0.1) is 6.92 Å². The van der Waals surface area contributed by atoms with E-state index in [0.29, 0.717) is 40.2 Å². The summed E-state index contributed by atoms with van der Waals surface area (Å²) < 4.78 is 0. The molecule has 3 aromatic rings. The number of carbonyl (C=O) groups is 3. The number of aliphatic hydroxyl groups excluding tert-OH is 1. The van der Waals surface area contributed by atoms with E-state index in [2.05, 4.69) is 22.5 Å². The lowest BCUT2D eigenvalue weighted by molar-refractivity contribution is -0.111. The molecule has 8 heteroatoms. The number of rotatable bonds is 10. The molecular formula is C41H42N4O4. The molecular weight excluding hydrogens is 612 g/mol. The lowest BCUT2D eigenvalue weighted by atomic mass is 9.77. The highest BCUT2D eigenvalue weighted by Crippen LogP contribution is 2.44. The van der Waals surface area contributed by atoms with E-state index in [1.807, 2.05) is 38.1 Å². The third-order valence-corrected chi connectivity index (χ3v) is 9.20. The molecule has 3 N–H and O–H groups in total. The average molecular weight is 655 g/mol. The molecule has 1 aliphatic heterocycles. The van der Waals surface area contributed by atoms with Crippen LogP contribution in [0.5, 0.6) is 0 Å². The number of allylic oxidation sites excluding steroid dienone is 5. The summed E-state index contributed by atoms with van der Waals surface area (Å²) in [6.45, 7) is 8.50. The number of benzene rings is 3. The summed E-state index contributed by atoms with van der Waals surface area (Å²) in [6, 6.07) is 21.5. The molecule has 1 saturated heterocycles. The van der Waals surface area contributed by atoms with Crippen LogP contribution < -0.4 is 15.5 Å². The van der Waals surface area contributed by atoms with E-state index in [0.717, 1.165) is 67.7 Å². The summed E-state index contributed by atoms with van der Waals surface area (Å²) in [7, 11) is 0. The van der Waals surface area contributed by atoms with Gasteiger partial charge in [0, 0.05) is 47.6 Å². The molecule has 2 aliphatic carbocycles. The van der Waals surface area contributed by atoms with Gasteiger partial charge in [0.05, 0.1) is 28.2 Å². The van der Waals surface area contributed by atoms with Crippen LogP contribution in [-0.4, -0.2) is 48.1 Å². The first-order valence-corrected chi connectivity index (χ1v) is 17.1. The Kier molecular flexibility index (Phi) is 10.0. The standard InChI is InChI=1S/C41H42N4O4/c1-4-5-12-19-42-32-24-33(43-40(48)28-15-8-6-9-16-28)30(22-26(32)2)36-38(46)37(39(36)47)31-23-27(3)35(45-20-13-14-21-45)25-34(31)44-41(49)29-17-10-7-11-18-29/h6-11,15-18,22-25,46H,4-5,12-14,19-21H2,1-3H3,(H,43,48)(H,44,49)/b36-30-,42-32?. The number of unbranched alkanes of at least 4 members (excludes halogenated alkanes) is 2. The number of Topliss-reactive ketones (excluding diaryl/α,β-unsaturated/α-hetero) is 1. The van der Waals surface area contributed by atoms with Gasteiger partial charge in [-0.05, 0) is 92.8 Å². The Morgan fingerprint density at radius 2 is 1.47 bits per heavy atom. The van der Waals surface area contributed by atoms with E-state index < -0.39 is 0 Å². The quantitative estimate of drug-likeness (QED) is 0.152. The molecule has 0 bridgehead atoms. The number of hydrogen-bond acceptors (Lipinski definition) is 6. The third-order valence-electron chi connectivity index (χ3n) is 9.20. The largest absolute Gasteiger partial charge is 0.506 e. The molecule has 8 nitrogen and oxygen atoms in total. The molecule has 0 unspecified atom stereocenters. The second-order valence-electron chi connectivity index (χ2n) is 12.7. The Balaban J connectivity index is 1.42. The lowest BCUT2D eigenvalue weighted by Crippen LogP contribution is -2.30. The number of hydrogen-bond donors (Lipinski definition) is 3. The maximum Gasteiger partial charge on any atom is 0.255 e. The smallest absolute Gasteiger partial charge is 0.255 e. The van der Waals surface area contributed by atoms with Gasteiger partial charge in [0.25, 0.3) is 11.8 Å². The van der Waals surface area contributed by atoms with Crippen molar-refractivity contribution in [1.29, 1.82) is 0 Å². The Hall–Kier alpha value is -5.50. The van der Waals surface area contributed by atoms with Crippen molar-refractivity contribution in [2.24, 2.45) is 4.99 Å². The maximum atomic E-state index is 14.2. The fourth-order valence-corrected chi connectivity index (χ4v) is 6.51. The molecule has 3 aromatic carbocycles. The maximum absolute atomic E-state index is 14.2. The van der Waals surface area contributed by atoms with Crippen LogP contribution in [0.3, 0.4) is 0 Å². The molecule has 2 amide bonds. The lowest BCUT2D eigenvalue weighted by Gasteiger charge is -2.29. The van der Waals surface area contributed by atoms with Crippen LogP contribution in [0.15, 0.2) is 118 Å². The molecule has 0 atom stereocenters. The number of ketones is 1. The van der Waals surface area contributed by atoms with Crippen molar-refractivity contribution in [1.82, 2.24) is 5.32 Å². The van der Waals surface area contributed by atoms with Gasteiger partial charge in [-0.25, -0.2) is 0 Å². The number of nitrogens with zero attached hydrogens (tertiary/aromatic N) is 2. The fourth-order valence-electron chi connectivity index (χ4n) is 6.51. The summed E-state index contributed by atoms with van der Waals surface area (Å²) in [6.07, 6.45) is 8.86. The van der Waals surface area contributed by atoms with Crippen molar-refractivity contribution >= 4 is 40.3 Å². The number of amides is 2. The van der Waals surface area contributed by atoms with Gasteiger partial charge in [0.2, 0.25) is 5.78 Å². The number of aliphatic imine (C=N–C) groups is 1. The predicted octanol–water partition coefficient (Wildman–Crippen LogP) is 7.90. The molecule has 1 heterocycles. The highest BCUT2D eigenvalue weighted by molar-refractivity contribution is 6.40. The molecule has 0 spiro atoms. The number of anilines is 2.